The number of aromatic nitrogens is 1. The molecule has 3 nitrogen and oxygen atoms in total. The van der Waals surface area contributed by atoms with Crippen molar-refractivity contribution in [3.05, 3.63) is 58.6 Å². The molecule has 0 aliphatic carbocycles. The molecule has 5 heteroatoms. The van der Waals surface area contributed by atoms with Gasteiger partial charge in [-0.15, -0.1) is 0 Å². The van der Waals surface area contributed by atoms with E-state index in [1.54, 1.807) is 24.3 Å². The number of hydrogen-bond acceptors (Lipinski definition) is 3. The minimum absolute atomic E-state index is 0.119. The van der Waals surface area contributed by atoms with Crippen LogP contribution in [0.3, 0.4) is 0 Å². The number of nitriles is 1. The fourth-order valence-corrected chi connectivity index (χ4v) is 1.89. The molecule has 96 valence electrons. The summed E-state index contributed by atoms with van der Waals surface area (Å²) in [6.07, 6.45) is 1.17. The van der Waals surface area contributed by atoms with Crippen LogP contribution in [-0.2, 0) is 0 Å². The van der Waals surface area contributed by atoms with Crippen LogP contribution in [0.4, 0.5) is 10.1 Å². The van der Waals surface area contributed by atoms with E-state index in [1.165, 1.54) is 12.3 Å². The van der Waals surface area contributed by atoms with Crippen molar-refractivity contribution in [1.82, 2.24) is 4.98 Å². The summed E-state index contributed by atoms with van der Waals surface area (Å²) in [6.45, 7) is 1.90. The summed E-state index contributed by atoms with van der Waals surface area (Å²) in [7, 11) is 0. The van der Waals surface area contributed by atoms with Crippen molar-refractivity contribution >= 4 is 17.3 Å². The van der Waals surface area contributed by atoms with E-state index in [0.717, 1.165) is 0 Å². The molecule has 0 saturated heterocycles. The summed E-state index contributed by atoms with van der Waals surface area (Å²) >= 11 is 6.07. The second kappa shape index (κ2) is 5.68. The van der Waals surface area contributed by atoms with Gasteiger partial charge in [-0.25, -0.2) is 4.39 Å². The van der Waals surface area contributed by atoms with Crippen LogP contribution in [0.25, 0.3) is 0 Å². The first-order valence-corrected chi connectivity index (χ1v) is 6.05. The van der Waals surface area contributed by atoms with Gasteiger partial charge in [-0.2, -0.15) is 5.26 Å². The molecule has 0 amide bonds. The molecular formula is C14H11ClFN3. The normalized spacial score (nSPS) is 11.7. The second-order valence-corrected chi connectivity index (χ2v) is 4.48. The van der Waals surface area contributed by atoms with Crippen molar-refractivity contribution in [3.8, 4) is 6.07 Å². The number of halogens is 2. The second-order valence-electron chi connectivity index (χ2n) is 4.07. The summed E-state index contributed by atoms with van der Waals surface area (Å²) in [5.74, 6) is -0.368. The van der Waals surface area contributed by atoms with Crippen molar-refractivity contribution in [3.63, 3.8) is 0 Å². The number of hydrogen-bond donors (Lipinski definition) is 1. The molecule has 2 aromatic rings. The molecule has 2 rings (SSSR count). The topological polar surface area (TPSA) is 48.7 Å². The van der Waals surface area contributed by atoms with E-state index in [4.69, 9.17) is 16.9 Å². The monoisotopic (exact) mass is 275 g/mol. The fraction of sp³-hybridized carbons (Fsp3) is 0.143. The lowest BCUT2D eigenvalue weighted by molar-refractivity contribution is 0.617. The zero-order valence-corrected chi connectivity index (χ0v) is 10.9. The summed E-state index contributed by atoms with van der Waals surface area (Å²) in [4.78, 5) is 4.00. The van der Waals surface area contributed by atoms with Crippen molar-refractivity contribution < 1.29 is 4.39 Å². The van der Waals surface area contributed by atoms with Gasteiger partial charge < -0.3 is 5.32 Å². The average Bonchev–Trinajstić information content (AvgIpc) is 2.41. The number of benzene rings is 1. The van der Waals surface area contributed by atoms with Crippen molar-refractivity contribution in [2.45, 2.75) is 13.0 Å². The van der Waals surface area contributed by atoms with Crippen molar-refractivity contribution in [2.75, 3.05) is 5.32 Å². The molecule has 1 atom stereocenters. The third-order valence-electron chi connectivity index (χ3n) is 2.66. The third-order valence-corrected chi connectivity index (χ3v) is 2.98. The SMILES string of the molecule is CC(Nc1ccc(C#N)cc1Cl)c1ccc(F)cn1. The van der Waals surface area contributed by atoms with Gasteiger partial charge in [-0.1, -0.05) is 11.6 Å². The van der Waals surface area contributed by atoms with Crippen LogP contribution in [-0.4, -0.2) is 4.98 Å². The van der Waals surface area contributed by atoms with Crippen molar-refractivity contribution in [2.24, 2.45) is 0 Å². The van der Waals surface area contributed by atoms with Gasteiger partial charge in [0.2, 0.25) is 0 Å². The van der Waals surface area contributed by atoms with Gasteiger partial charge in [0.05, 0.1) is 40.3 Å². The quantitative estimate of drug-likeness (QED) is 0.924. The maximum absolute atomic E-state index is 12.8. The Labute approximate surface area is 115 Å². The van der Waals surface area contributed by atoms with Gasteiger partial charge in [-0.3, -0.25) is 4.98 Å². The van der Waals surface area contributed by atoms with E-state index in [2.05, 4.69) is 10.3 Å². The Kier molecular flexibility index (Phi) is 3.98. The van der Waals surface area contributed by atoms with E-state index in [1.807, 2.05) is 13.0 Å². The number of pyridine rings is 1. The highest BCUT2D eigenvalue weighted by Gasteiger charge is 2.09. The van der Waals surface area contributed by atoms with Crippen LogP contribution in [0.2, 0.25) is 5.02 Å². The number of rotatable bonds is 3. The summed E-state index contributed by atoms with van der Waals surface area (Å²) in [5.41, 5.74) is 1.92. The Morgan fingerprint density at radius 1 is 1.37 bits per heavy atom. The smallest absolute Gasteiger partial charge is 0.141 e. The summed E-state index contributed by atoms with van der Waals surface area (Å²) < 4.78 is 12.8. The Morgan fingerprint density at radius 3 is 2.74 bits per heavy atom. The Balaban J connectivity index is 2.17. The molecular weight excluding hydrogens is 265 g/mol. The van der Waals surface area contributed by atoms with Crippen LogP contribution in [0.5, 0.6) is 0 Å². The van der Waals surface area contributed by atoms with E-state index < -0.39 is 0 Å². The Morgan fingerprint density at radius 2 is 2.16 bits per heavy atom. The molecule has 0 aliphatic rings. The van der Waals surface area contributed by atoms with Crippen molar-refractivity contribution in [1.29, 1.82) is 5.26 Å². The molecule has 1 aromatic carbocycles. The molecule has 0 bridgehead atoms. The van der Waals surface area contributed by atoms with Crippen LogP contribution in [0.15, 0.2) is 36.5 Å². The first kappa shape index (κ1) is 13.3. The maximum Gasteiger partial charge on any atom is 0.141 e. The first-order valence-electron chi connectivity index (χ1n) is 5.68. The summed E-state index contributed by atoms with van der Waals surface area (Å²) in [5, 5.41) is 12.4. The lowest BCUT2D eigenvalue weighted by atomic mass is 10.1. The van der Waals surface area contributed by atoms with E-state index >= 15 is 0 Å². The molecule has 1 unspecified atom stereocenters. The summed E-state index contributed by atoms with van der Waals surface area (Å²) in [6, 6.07) is 9.89. The predicted octanol–water partition coefficient (Wildman–Crippen LogP) is 3.92. The molecule has 1 heterocycles. The predicted molar refractivity (Wildman–Crippen MR) is 72.4 cm³/mol. The molecule has 1 N–H and O–H groups in total. The number of anilines is 1. The highest BCUT2D eigenvalue weighted by molar-refractivity contribution is 6.33. The molecule has 19 heavy (non-hydrogen) atoms. The number of nitrogens with zero attached hydrogens (tertiary/aromatic N) is 2. The standard InChI is InChI=1S/C14H11ClFN3/c1-9(13-5-3-11(16)8-18-13)19-14-4-2-10(7-17)6-12(14)15/h2-6,8-9,19H,1H3. The van der Waals surface area contributed by atoms with Crippen LogP contribution >= 0.6 is 11.6 Å². The highest BCUT2D eigenvalue weighted by atomic mass is 35.5. The molecule has 0 radical (unpaired) electrons. The molecule has 0 spiro atoms. The Bertz CT molecular complexity index is 620. The molecule has 0 aliphatic heterocycles. The van der Waals surface area contributed by atoms with E-state index in [-0.39, 0.29) is 11.9 Å². The third kappa shape index (κ3) is 3.21. The first-order chi connectivity index (χ1) is 9.10. The maximum atomic E-state index is 12.8. The van der Waals surface area contributed by atoms with Crippen LogP contribution in [0.1, 0.15) is 24.2 Å². The zero-order chi connectivity index (χ0) is 13.8. The van der Waals surface area contributed by atoms with E-state index in [0.29, 0.717) is 22.0 Å². The molecule has 0 fully saturated rings. The van der Waals surface area contributed by atoms with Gasteiger partial charge in [0.1, 0.15) is 5.82 Å². The fourth-order valence-electron chi connectivity index (χ4n) is 1.65. The van der Waals surface area contributed by atoms with Crippen LogP contribution in [0, 0.1) is 17.1 Å². The molecule has 1 aromatic heterocycles. The average molecular weight is 276 g/mol. The number of nitrogens with one attached hydrogen (secondary N) is 1. The zero-order valence-electron chi connectivity index (χ0n) is 10.2. The highest BCUT2D eigenvalue weighted by Crippen LogP contribution is 2.26. The largest absolute Gasteiger partial charge is 0.376 e. The van der Waals surface area contributed by atoms with Gasteiger partial charge in [0.25, 0.3) is 0 Å². The Hall–Kier alpha value is -2.12. The lowest BCUT2D eigenvalue weighted by Crippen LogP contribution is -2.08. The minimum Gasteiger partial charge on any atom is -0.376 e. The van der Waals surface area contributed by atoms with E-state index in [9.17, 15) is 4.39 Å². The lowest BCUT2D eigenvalue weighted by Gasteiger charge is -2.15. The van der Waals surface area contributed by atoms with Crippen LogP contribution < -0.4 is 5.32 Å². The van der Waals surface area contributed by atoms with Gasteiger partial charge in [0.15, 0.2) is 0 Å². The van der Waals surface area contributed by atoms with Gasteiger partial charge >= 0.3 is 0 Å². The van der Waals surface area contributed by atoms with Gasteiger partial charge in [0, 0.05) is 0 Å². The minimum atomic E-state index is -0.368. The van der Waals surface area contributed by atoms with Gasteiger partial charge in [-0.05, 0) is 37.3 Å². The molecule has 0 saturated carbocycles.